The normalized spacial score (nSPS) is 14.8. The number of piperidine rings is 1. The maximum atomic E-state index is 13.1. The van der Waals surface area contributed by atoms with Gasteiger partial charge in [-0.15, -0.1) is 0 Å². The molecule has 2 aromatic heterocycles. The number of nitrogens with one attached hydrogen (secondary N) is 1. The van der Waals surface area contributed by atoms with Crippen LogP contribution in [-0.2, 0) is 16.1 Å². The van der Waals surface area contributed by atoms with Crippen molar-refractivity contribution in [3.63, 3.8) is 0 Å². The van der Waals surface area contributed by atoms with Crippen molar-refractivity contribution in [2.75, 3.05) is 20.2 Å². The van der Waals surface area contributed by atoms with Gasteiger partial charge in [-0.05, 0) is 50.5 Å². The molecule has 3 heterocycles. The Balaban J connectivity index is 1.65. The zero-order valence-electron chi connectivity index (χ0n) is 19.6. The molecule has 0 aliphatic carbocycles. The van der Waals surface area contributed by atoms with Crippen molar-refractivity contribution in [1.82, 2.24) is 14.5 Å². The van der Waals surface area contributed by atoms with Gasteiger partial charge in [0.25, 0.3) is 11.5 Å². The average Bonchev–Trinajstić information content (AvgIpc) is 3.24. The van der Waals surface area contributed by atoms with Crippen LogP contribution in [0, 0.1) is 12.8 Å². The molecule has 1 aliphatic heterocycles. The fourth-order valence-corrected chi connectivity index (χ4v) is 4.76. The lowest BCUT2D eigenvalue weighted by Gasteiger charge is -2.31. The molecule has 34 heavy (non-hydrogen) atoms. The van der Waals surface area contributed by atoms with Gasteiger partial charge in [0.1, 0.15) is 5.52 Å². The summed E-state index contributed by atoms with van der Waals surface area (Å²) in [5.74, 6) is -0.547. The lowest BCUT2D eigenvalue weighted by Crippen LogP contribution is -2.40. The van der Waals surface area contributed by atoms with Crippen LogP contribution >= 0.6 is 11.6 Å². The van der Waals surface area contributed by atoms with Gasteiger partial charge in [-0.2, -0.15) is 0 Å². The van der Waals surface area contributed by atoms with Crippen molar-refractivity contribution in [1.29, 1.82) is 0 Å². The molecule has 0 radical (unpaired) electrons. The number of benzene rings is 1. The highest BCUT2D eigenvalue weighted by atomic mass is 35.5. The molecule has 1 fully saturated rings. The molecule has 1 amide bonds. The zero-order chi connectivity index (χ0) is 24.4. The van der Waals surface area contributed by atoms with E-state index in [4.69, 9.17) is 16.3 Å². The number of allylic oxidation sites excluding steroid dienone is 2. The van der Waals surface area contributed by atoms with Gasteiger partial charge < -0.3 is 19.2 Å². The van der Waals surface area contributed by atoms with Gasteiger partial charge in [0.15, 0.2) is 0 Å². The fourth-order valence-electron chi connectivity index (χ4n) is 4.49. The van der Waals surface area contributed by atoms with E-state index in [-0.39, 0.29) is 23.4 Å². The highest BCUT2D eigenvalue weighted by Crippen LogP contribution is 2.32. The predicted octanol–water partition coefficient (Wildman–Crippen LogP) is 4.56. The molecule has 0 atom stereocenters. The topological polar surface area (TPSA) is 84.4 Å². The third kappa shape index (κ3) is 4.53. The summed E-state index contributed by atoms with van der Waals surface area (Å²) in [5.41, 5.74) is 3.46. The van der Waals surface area contributed by atoms with Crippen LogP contribution < -0.4 is 5.56 Å². The smallest absolute Gasteiger partial charge is 0.308 e. The molecule has 7 nitrogen and oxygen atoms in total. The molecule has 4 rings (SSSR count). The number of amides is 1. The van der Waals surface area contributed by atoms with Gasteiger partial charge in [-0.1, -0.05) is 29.8 Å². The van der Waals surface area contributed by atoms with E-state index in [0.717, 1.165) is 22.2 Å². The Morgan fingerprint density at radius 2 is 1.97 bits per heavy atom. The largest absolute Gasteiger partial charge is 0.469 e. The fraction of sp³-hybridized carbons (Fsp3) is 0.346. The van der Waals surface area contributed by atoms with Crippen molar-refractivity contribution in [3.05, 3.63) is 69.2 Å². The van der Waals surface area contributed by atoms with E-state index < -0.39 is 0 Å². The highest BCUT2D eigenvalue weighted by molar-refractivity contribution is 6.34. The molecule has 0 spiro atoms. The number of aromatic nitrogens is 2. The number of esters is 1. The number of nitrogens with zero attached hydrogens (tertiary/aromatic N) is 2. The first-order valence-electron chi connectivity index (χ1n) is 11.3. The molecule has 1 N–H and O–H groups in total. The highest BCUT2D eigenvalue weighted by Gasteiger charge is 2.29. The number of likely N-dealkylation sites (tertiary alicyclic amines) is 1. The van der Waals surface area contributed by atoms with E-state index in [1.165, 1.54) is 7.11 Å². The lowest BCUT2D eigenvalue weighted by molar-refractivity contribution is -0.146. The number of H-pyrrole nitrogens is 1. The van der Waals surface area contributed by atoms with Crippen molar-refractivity contribution in [3.8, 4) is 11.1 Å². The van der Waals surface area contributed by atoms with Gasteiger partial charge in [0.2, 0.25) is 0 Å². The standard InChI is InChI=1S/C26H28ClN3O4/c1-4-5-10-30-15-21(20-13-16(2)28-23(20)25(30)32)18-6-7-19(22(27)14-18)24(31)29-11-8-17(9-12-29)26(33)34-3/h4-7,13-15,17,28H,8-12H2,1-3H3. The van der Waals surface area contributed by atoms with Crippen molar-refractivity contribution < 1.29 is 14.3 Å². The van der Waals surface area contributed by atoms with Gasteiger partial charge in [0, 0.05) is 42.5 Å². The van der Waals surface area contributed by atoms with Gasteiger partial charge in [-0.25, -0.2) is 0 Å². The second-order valence-corrected chi connectivity index (χ2v) is 9.00. The summed E-state index contributed by atoms with van der Waals surface area (Å²) in [6.07, 6.45) is 6.81. The van der Waals surface area contributed by atoms with Crippen molar-refractivity contribution in [2.24, 2.45) is 5.92 Å². The van der Waals surface area contributed by atoms with Crippen LogP contribution in [-0.4, -0.2) is 46.5 Å². The van der Waals surface area contributed by atoms with Crippen LogP contribution in [0.4, 0.5) is 0 Å². The SMILES string of the molecule is CC=CCn1cc(-c2ccc(C(=O)N3CCC(C(=O)OC)CC3)c(Cl)c2)c2cc(C)[nH]c2c1=O. The number of hydrogen-bond acceptors (Lipinski definition) is 4. The molecule has 0 unspecified atom stereocenters. The molecule has 178 valence electrons. The Kier molecular flexibility index (Phi) is 6.93. The van der Waals surface area contributed by atoms with Crippen LogP contribution in [0.2, 0.25) is 5.02 Å². The number of hydrogen-bond donors (Lipinski definition) is 1. The summed E-state index contributed by atoms with van der Waals surface area (Å²) >= 11 is 6.60. The molecule has 0 bridgehead atoms. The quantitative estimate of drug-likeness (QED) is 0.427. The number of carbonyl (C=O) groups excluding carboxylic acids is 2. The first-order valence-corrected chi connectivity index (χ1v) is 11.7. The molecule has 1 aromatic carbocycles. The molecule has 3 aromatic rings. The summed E-state index contributed by atoms with van der Waals surface area (Å²) in [7, 11) is 1.39. The minimum Gasteiger partial charge on any atom is -0.469 e. The van der Waals surface area contributed by atoms with E-state index in [0.29, 0.717) is 48.6 Å². The number of pyridine rings is 1. The minimum absolute atomic E-state index is 0.0850. The number of methoxy groups -OCH3 is 1. The summed E-state index contributed by atoms with van der Waals surface area (Å²) in [6, 6.07) is 7.32. The Bertz CT molecular complexity index is 1330. The Morgan fingerprint density at radius 3 is 2.62 bits per heavy atom. The van der Waals surface area contributed by atoms with E-state index in [9.17, 15) is 14.4 Å². The molecule has 8 heteroatoms. The van der Waals surface area contributed by atoms with Crippen LogP contribution in [0.25, 0.3) is 22.0 Å². The number of carbonyl (C=O) groups is 2. The lowest BCUT2D eigenvalue weighted by atomic mass is 9.96. The zero-order valence-corrected chi connectivity index (χ0v) is 20.3. The first kappa shape index (κ1) is 23.8. The van der Waals surface area contributed by atoms with E-state index >= 15 is 0 Å². The van der Waals surface area contributed by atoms with E-state index in [1.807, 2.05) is 44.3 Å². The first-order chi connectivity index (χ1) is 16.3. The Morgan fingerprint density at radius 1 is 1.24 bits per heavy atom. The third-order valence-corrected chi connectivity index (χ3v) is 6.68. The summed E-state index contributed by atoms with van der Waals surface area (Å²) in [6.45, 7) is 5.25. The number of fused-ring (bicyclic) bond motifs is 1. The van der Waals surface area contributed by atoms with Gasteiger partial charge in [-0.3, -0.25) is 14.4 Å². The number of aryl methyl sites for hydroxylation is 1. The van der Waals surface area contributed by atoms with Crippen molar-refractivity contribution >= 4 is 34.4 Å². The number of ether oxygens (including phenoxy) is 1. The molecule has 0 saturated carbocycles. The summed E-state index contributed by atoms with van der Waals surface area (Å²) < 4.78 is 6.48. The summed E-state index contributed by atoms with van der Waals surface area (Å²) in [5, 5.41) is 1.17. The number of halogens is 1. The molecule has 1 saturated heterocycles. The maximum absolute atomic E-state index is 13.1. The Labute approximate surface area is 203 Å². The second kappa shape index (κ2) is 9.89. The van der Waals surface area contributed by atoms with Crippen molar-refractivity contribution in [2.45, 2.75) is 33.2 Å². The summed E-state index contributed by atoms with van der Waals surface area (Å²) in [4.78, 5) is 42.7. The molecular weight excluding hydrogens is 454 g/mol. The second-order valence-electron chi connectivity index (χ2n) is 8.59. The number of rotatable bonds is 5. The average molecular weight is 482 g/mol. The third-order valence-electron chi connectivity index (χ3n) is 6.37. The van der Waals surface area contributed by atoms with Crippen LogP contribution in [0.5, 0.6) is 0 Å². The monoisotopic (exact) mass is 481 g/mol. The van der Waals surface area contributed by atoms with Crippen LogP contribution in [0.3, 0.4) is 0 Å². The predicted molar refractivity (Wildman–Crippen MR) is 133 cm³/mol. The number of aromatic amines is 1. The van der Waals surface area contributed by atoms with Gasteiger partial charge in [0.05, 0.1) is 23.6 Å². The maximum Gasteiger partial charge on any atom is 0.308 e. The van der Waals surface area contributed by atoms with Gasteiger partial charge >= 0.3 is 5.97 Å². The Hall–Kier alpha value is -3.32. The van der Waals surface area contributed by atoms with Crippen LogP contribution in [0.15, 0.2) is 47.4 Å². The van der Waals surface area contributed by atoms with E-state index in [2.05, 4.69) is 4.98 Å². The molecular formula is C26H28ClN3O4. The minimum atomic E-state index is -0.225. The van der Waals surface area contributed by atoms with E-state index in [1.54, 1.807) is 21.6 Å². The molecule has 1 aliphatic rings. The van der Waals surface area contributed by atoms with Crippen LogP contribution in [0.1, 0.15) is 35.8 Å².